The van der Waals surface area contributed by atoms with E-state index in [0.29, 0.717) is 17.7 Å². The van der Waals surface area contributed by atoms with Crippen LogP contribution in [0.15, 0.2) is 40.9 Å². The van der Waals surface area contributed by atoms with Crippen molar-refractivity contribution in [1.29, 1.82) is 0 Å². The van der Waals surface area contributed by atoms with Crippen molar-refractivity contribution in [3.63, 3.8) is 0 Å². The van der Waals surface area contributed by atoms with Crippen LogP contribution in [-0.2, 0) is 6.42 Å². The molecule has 0 saturated heterocycles. The second kappa shape index (κ2) is 7.00. The van der Waals surface area contributed by atoms with Gasteiger partial charge in [0.2, 0.25) is 0 Å². The molecule has 0 saturated carbocycles. The second-order valence-electron chi connectivity index (χ2n) is 4.64. The average molecular weight is 356 g/mol. The highest BCUT2D eigenvalue weighted by atomic mass is 79.9. The molecule has 0 fully saturated rings. The lowest BCUT2D eigenvalue weighted by atomic mass is 9.97. The minimum atomic E-state index is -0.829. The van der Waals surface area contributed by atoms with Gasteiger partial charge in [-0.3, -0.25) is 0 Å². The number of hydrogen-bond acceptors (Lipinski definition) is 2. The second-order valence-corrected chi connectivity index (χ2v) is 5.56. The standard InChI is InChI=1S/C16H16BrF2NO/c1-20-14(8-10-4-3-5-13(18)16(10)19)12-7-6-11(17)9-15(12)21-2/h3-7,9,14,20H,8H2,1-2H3. The van der Waals surface area contributed by atoms with Gasteiger partial charge >= 0.3 is 0 Å². The molecule has 1 unspecified atom stereocenters. The number of likely N-dealkylation sites (N-methyl/N-ethyl adjacent to an activating group) is 1. The third-order valence-corrected chi connectivity index (χ3v) is 3.87. The van der Waals surface area contributed by atoms with E-state index in [4.69, 9.17) is 4.74 Å². The first-order valence-electron chi connectivity index (χ1n) is 6.50. The van der Waals surface area contributed by atoms with Crippen molar-refractivity contribution in [2.45, 2.75) is 12.5 Å². The Balaban J connectivity index is 2.34. The van der Waals surface area contributed by atoms with E-state index in [0.717, 1.165) is 16.1 Å². The molecule has 0 aliphatic heterocycles. The molecular weight excluding hydrogens is 340 g/mol. The minimum Gasteiger partial charge on any atom is -0.496 e. The van der Waals surface area contributed by atoms with Crippen molar-refractivity contribution in [3.8, 4) is 5.75 Å². The smallest absolute Gasteiger partial charge is 0.162 e. The lowest BCUT2D eigenvalue weighted by Gasteiger charge is -2.20. The molecule has 5 heteroatoms. The van der Waals surface area contributed by atoms with Crippen molar-refractivity contribution in [3.05, 3.63) is 63.6 Å². The Morgan fingerprint density at radius 3 is 2.67 bits per heavy atom. The molecule has 2 rings (SSSR count). The summed E-state index contributed by atoms with van der Waals surface area (Å²) in [5.74, 6) is -0.931. The quantitative estimate of drug-likeness (QED) is 0.865. The van der Waals surface area contributed by atoms with Gasteiger partial charge in [-0.1, -0.05) is 34.1 Å². The predicted octanol–water partition coefficient (Wildman–Crippen LogP) is 4.24. The van der Waals surface area contributed by atoms with Crippen LogP contribution in [0.2, 0.25) is 0 Å². The number of ether oxygens (including phenoxy) is 1. The van der Waals surface area contributed by atoms with Crippen LogP contribution in [0.1, 0.15) is 17.2 Å². The fourth-order valence-electron chi connectivity index (χ4n) is 2.27. The van der Waals surface area contributed by atoms with Gasteiger partial charge in [0.25, 0.3) is 0 Å². The molecule has 0 bridgehead atoms. The van der Waals surface area contributed by atoms with Gasteiger partial charge in [0, 0.05) is 16.1 Å². The number of rotatable bonds is 5. The minimum absolute atomic E-state index is 0.177. The van der Waals surface area contributed by atoms with Crippen molar-refractivity contribution in [2.75, 3.05) is 14.2 Å². The van der Waals surface area contributed by atoms with Crippen molar-refractivity contribution in [2.24, 2.45) is 0 Å². The molecule has 0 spiro atoms. The van der Waals surface area contributed by atoms with E-state index in [1.54, 1.807) is 20.2 Å². The molecule has 2 aromatic rings. The zero-order valence-corrected chi connectivity index (χ0v) is 13.4. The van der Waals surface area contributed by atoms with Crippen molar-refractivity contribution >= 4 is 15.9 Å². The Hall–Kier alpha value is -1.46. The Kier molecular flexibility index (Phi) is 5.31. The number of methoxy groups -OCH3 is 1. The molecule has 0 heterocycles. The summed E-state index contributed by atoms with van der Waals surface area (Å²) in [5, 5.41) is 3.12. The molecule has 0 aromatic heterocycles. The van der Waals surface area contributed by atoms with Gasteiger partial charge in [-0.15, -0.1) is 0 Å². The average Bonchev–Trinajstić information content (AvgIpc) is 2.49. The molecular formula is C16H16BrF2NO. The van der Waals surface area contributed by atoms with Gasteiger partial charge < -0.3 is 10.1 Å². The molecule has 21 heavy (non-hydrogen) atoms. The first-order valence-corrected chi connectivity index (χ1v) is 7.29. The molecule has 0 amide bonds. The van der Waals surface area contributed by atoms with Crippen LogP contribution in [0, 0.1) is 11.6 Å². The van der Waals surface area contributed by atoms with Crippen LogP contribution >= 0.6 is 15.9 Å². The highest BCUT2D eigenvalue weighted by Gasteiger charge is 2.18. The third-order valence-electron chi connectivity index (χ3n) is 3.38. The summed E-state index contributed by atoms with van der Waals surface area (Å²) in [4.78, 5) is 0. The van der Waals surface area contributed by atoms with E-state index in [1.165, 1.54) is 6.07 Å². The molecule has 0 aliphatic rings. The largest absolute Gasteiger partial charge is 0.496 e. The summed E-state index contributed by atoms with van der Waals surface area (Å²) in [6, 6.07) is 9.69. The third kappa shape index (κ3) is 3.60. The monoisotopic (exact) mass is 355 g/mol. The zero-order chi connectivity index (χ0) is 15.4. The number of halogens is 3. The maximum absolute atomic E-state index is 13.8. The molecule has 0 radical (unpaired) electrons. The van der Waals surface area contributed by atoms with Crippen LogP contribution in [0.25, 0.3) is 0 Å². The van der Waals surface area contributed by atoms with Gasteiger partial charge in [-0.2, -0.15) is 0 Å². The molecule has 1 N–H and O–H groups in total. The highest BCUT2D eigenvalue weighted by molar-refractivity contribution is 9.10. The van der Waals surface area contributed by atoms with Crippen molar-refractivity contribution < 1.29 is 13.5 Å². The van der Waals surface area contributed by atoms with Crippen LogP contribution < -0.4 is 10.1 Å². The first kappa shape index (κ1) is 15.9. The van der Waals surface area contributed by atoms with Gasteiger partial charge in [-0.25, -0.2) is 8.78 Å². The number of hydrogen-bond donors (Lipinski definition) is 1. The van der Waals surface area contributed by atoms with E-state index in [9.17, 15) is 8.78 Å². The van der Waals surface area contributed by atoms with Crippen molar-refractivity contribution in [1.82, 2.24) is 5.32 Å². The number of nitrogens with one attached hydrogen (secondary N) is 1. The molecule has 112 valence electrons. The lowest BCUT2D eigenvalue weighted by molar-refractivity contribution is 0.400. The molecule has 2 aromatic carbocycles. The van der Waals surface area contributed by atoms with E-state index in [-0.39, 0.29) is 6.04 Å². The maximum atomic E-state index is 13.8. The SMILES string of the molecule is CNC(Cc1cccc(F)c1F)c1ccc(Br)cc1OC. The van der Waals surface area contributed by atoms with Crippen LogP contribution in [0.5, 0.6) is 5.75 Å². The van der Waals surface area contributed by atoms with Gasteiger partial charge in [0.1, 0.15) is 5.75 Å². The zero-order valence-electron chi connectivity index (χ0n) is 11.8. The maximum Gasteiger partial charge on any atom is 0.162 e. The molecule has 1 atom stereocenters. The summed E-state index contributed by atoms with van der Waals surface area (Å²) in [5.41, 5.74) is 1.23. The van der Waals surface area contributed by atoms with E-state index in [1.807, 2.05) is 18.2 Å². The Morgan fingerprint density at radius 2 is 2.00 bits per heavy atom. The summed E-state index contributed by atoms with van der Waals surface area (Å²) in [6.45, 7) is 0. The fraction of sp³-hybridized carbons (Fsp3) is 0.250. The first-order chi connectivity index (χ1) is 10.1. The van der Waals surface area contributed by atoms with Crippen LogP contribution in [-0.4, -0.2) is 14.2 Å². The van der Waals surface area contributed by atoms with Gasteiger partial charge in [-0.05, 0) is 37.2 Å². The fourth-order valence-corrected chi connectivity index (χ4v) is 2.61. The number of benzene rings is 2. The summed E-state index contributed by atoms with van der Waals surface area (Å²) < 4.78 is 33.4. The van der Waals surface area contributed by atoms with Gasteiger partial charge in [0.05, 0.1) is 7.11 Å². The topological polar surface area (TPSA) is 21.3 Å². The Labute approximate surface area is 131 Å². The Bertz CT molecular complexity index is 634. The summed E-state index contributed by atoms with van der Waals surface area (Å²) in [7, 11) is 3.37. The predicted molar refractivity (Wildman–Crippen MR) is 82.6 cm³/mol. The summed E-state index contributed by atoms with van der Waals surface area (Å²) in [6.07, 6.45) is 0.331. The Morgan fingerprint density at radius 1 is 1.24 bits per heavy atom. The summed E-state index contributed by atoms with van der Waals surface area (Å²) >= 11 is 3.39. The van der Waals surface area contributed by atoms with E-state index >= 15 is 0 Å². The molecule has 2 nitrogen and oxygen atoms in total. The van der Waals surface area contributed by atoms with E-state index in [2.05, 4.69) is 21.2 Å². The molecule has 0 aliphatic carbocycles. The highest BCUT2D eigenvalue weighted by Crippen LogP contribution is 2.31. The van der Waals surface area contributed by atoms with E-state index < -0.39 is 11.6 Å². The van der Waals surface area contributed by atoms with Crippen LogP contribution in [0.3, 0.4) is 0 Å². The lowest BCUT2D eigenvalue weighted by Crippen LogP contribution is -2.20. The van der Waals surface area contributed by atoms with Gasteiger partial charge in [0.15, 0.2) is 11.6 Å². The van der Waals surface area contributed by atoms with Crippen LogP contribution in [0.4, 0.5) is 8.78 Å². The normalized spacial score (nSPS) is 12.2.